The van der Waals surface area contributed by atoms with E-state index in [0.29, 0.717) is 25.1 Å². The highest BCUT2D eigenvalue weighted by Gasteiger charge is 2.06. The van der Waals surface area contributed by atoms with Crippen LogP contribution in [0, 0.1) is 0 Å². The Morgan fingerprint density at radius 1 is 1.56 bits per heavy atom. The summed E-state index contributed by atoms with van der Waals surface area (Å²) in [6, 6.07) is 7.23. The maximum absolute atomic E-state index is 11.5. The van der Waals surface area contributed by atoms with E-state index in [4.69, 9.17) is 5.73 Å². The molecule has 0 aliphatic rings. The molecule has 0 fully saturated rings. The molecular weight excluding hydrogens is 204 g/mol. The van der Waals surface area contributed by atoms with Gasteiger partial charge in [0.2, 0.25) is 5.91 Å². The summed E-state index contributed by atoms with van der Waals surface area (Å²) in [6.45, 7) is 2.17. The Morgan fingerprint density at radius 2 is 2.31 bits per heavy atom. The molecule has 1 aromatic carbocycles. The fraction of sp³-hybridized carbons (Fsp3) is 0.417. The number of aliphatic hydroxyl groups is 1. The first-order valence-electron chi connectivity index (χ1n) is 5.41. The monoisotopic (exact) mass is 222 g/mol. The normalized spacial score (nSPS) is 12.1. The summed E-state index contributed by atoms with van der Waals surface area (Å²) in [6.07, 6.45) is 0.463. The number of benzene rings is 1. The van der Waals surface area contributed by atoms with Gasteiger partial charge < -0.3 is 16.2 Å². The second-order valence-electron chi connectivity index (χ2n) is 3.79. The number of nitrogen functional groups attached to an aromatic ring is 1. The second kappa shape index (κ2) is 6.12. The first-order chi connectivity index (χ1) is 7.61. The van der Waals surface area contributed by atoms with Crippen LogP contribution in [0.1, 0.15) is 18.9 Å². The molecule has 1 rings (SSSR count). The predicted molar refractivity (Wildman–Crippen MR) is 63.9 cm³/mol. The van der Waals surface area contributed by atoms with Crippen molar-refractivity contribution in [3.8, 4) is 0 Å². The lowest BCUT2D eigenvalue weighted by Gasteiger charge is -2.09. The van der Waals surface area contributed by atoms with Crippen LogP contribution in [0.25, 0.3) is 0 Å². The highest BCUT2D eigenvalue weighted by atomic mass is 16.3. The van der Waals surface area contributed by atoms with Gasteiger partial charge in [-0.25, -0.2) is 0 Å². The van der Waals surface area contributed by atoms with E-state index in [1.54, 1.807) is 12.1 Å². The lowest BCUT2D eigenvalue weighted by molar-refractivity contribution is -0.120. The molecule has 1 unspecified atom stereocenters. The summed E-state index contributed by atoms with van der Waals surface area (Å²) < 4.78 is 0. The van der Waals surface area contributed by atoms with Crippen molar-refractivity contribution in [3.63, 3.8) is 0 Å². The van der Waals surface area contributed by atoms with E-state index < -0.39 is 6.10 Å². The molecule has 4 N–H and O–H groups in total. The quantitative estimate of drug-likeness (QED) is 0.642. The van der Waals surface area contributed by atoms with E-state index in [0.717, 1.165) is 5.56 Å². The summed E-state index contributed by atoms with van der Waals surface area (Å²) in [5.74, 6) is -0.0990. The molecule has 0 radical (unpaired) electrons. The maximum atomic E-state index is 11.5. The molecule has 0 saturated carbocycles. The number of carbonyl (C=O) groups excluding carboxylic acids is 1. The van der Waals surface area contributed by atoms with Crippen molar-refractivity contribution < 1.29 is 9.90 Å². The van der Waals surface area contributed by atoms with Crippen LogP contribution in [0.15, 0.2) is 24.3 Å². The summed E-state index contributed by atoms with van der Waals surface area (Å²) in [7, 11) is 0. The third-order valence-electron chi connectivity index (χ3n) is 2.32. The first kappa shape index (κ1) is 12.5. The van der Waals surface area contributed by atoms with Gasteiger partial charge >= 0.3 is 0 Å². The molecule has 0 saturated heterocycles. The Bertz CT molecular complexity index is 353. The number of hydrogen-bond donors (Lipinski definition) is 3. The number of rotatable bonds is 5. The topological polar surface area (TPSA) is 75.3 Å². The molecule has 4 nitrogen and oxygen atoms in total. The van der Waals surface area contributed by atoms with Crippen LogP contribution in [-0.2, 0) is 11.2 Å². The van der Waals surface area contributed by atoms with E-state index in [-0.39, 0.29) is 5.91 Å². The number of aliphatic hydroxyl groups excluding tert-OH is 1. The van der Waals surface area contributed by atoms with Crippen LogP contribution < -0.4 is 11.1 Å². The Hall–Kier alpha value is -1.55. The minimum Gasteiger partial charge on any atom is -0.399 e. The number of carbonyl (C=O) groups is 1. The van der Waals surface area contributed by atoms with Gasteiger partial charge in [-0.05, 0) is 24.1 Å². The SMILES string of the molecule is CCC(O)CNC(=O)Cc1cccc(N)c1. The van der Waals surface area contributed by atoms with E-state index in [2.05, 4.69) is 5.32 Å². The lowest BCUT2D eigenvalue weighted by Crippen LogP contribution is -2.32. The fourth-order valence-electron chi connectivity index (χ4n) is 1.33. The van der Waals surface area contributed by atoms with Crippen LogP contribution in [0.2, 0.25) is 0 Å². The average Bonchev–Trinajstić information content (AvgIpc) is 2.26. The van der Waals surface area contributed by atoms with Crippen LogP contribution in [0.4, 0.5) is 5.69 Å². The molecule has 1 amide bonds. The minimum absolute atomic E-state index is 0.0990. The third kappa shape index (κ3) is 4.31. The van der Waals surface area contributed by atoms with Crippen LogP contribution in [0.3, 0.4) is 0 Å². The molecule has 0 aromatic heterocycles. The van der Waals surface area contributed by atoms with Gasteiger partial charge in [-0.3, -0.25) is 4.79 Å². The van der Waals surface area contributed by atoms with Gasteiger partial charge in [-0.2, -0.15) is 0 Å². The molecule has 0 aliphatic heterocycles. The van der Waals surface area contributed by atoms with Crippen molar-refractivity contribution in [1.29, 1.82) is 0 Å². The van der Waals surface area contributed by atoms with Gasteiger partial charge in [0.25, 0.3) is 0 Å². The summed E-state index contributed by atoms with van der Waals surface area (Å²) in [5, 5.41) is 12.0. The Labute approximate surface area is 95.5 Å². The molecular formula is C12H18N2O2. The number of nitrogens with two attached hydrogens (primary N) is 1. The van der Waals surface area contributed by atoms with Crippen molar-refractivity contribution >= 4 is 11.6 Å². The van der Waals surface area contributed by atoms with Gasteiger partial charge in [-0.1, -0.05) is 19.1 Å². The van der Waals surface area contributed by atoms with Crippen molar-refractivity contribution in [1.82, 2.24) is 5.32 Å². The minimum atomic E-state index is -0.468. The summed E-state index contributed by atoms with van der Waals surface area (Å²) in [4.78, 5) is 11.5. The largest absolute Gasteiger partial charge is 0.399 e. The number of hydrogen-bond acceptors (Lipinski definition) is 3. The Balaban J connectivity index is 2.40. The smallest absolute Gasteiger partial charge is 0.224 e. The molecule has 4 heteroatoms. The van der Waals surface area contributed by atoms with Gasteiger partial charge in [0.15, 0.2) is 0 Å². The van der Waals surface area contributed by atoms with Crippen molar-refractivity contribution in [2.75, 3.05) is 12.3 Å². The number of anilines is 1. The lowest BCUT2D eigenvalue weighted by atomic mass is 10.1. The fourth-order valence-corrected chi connectivity index (χ4v) is 1.33. The zero-order chi connectivity index (χ0) is 12.0. The van der Waals surface area contributed by atoms with Gasteiger partial charge in [0, 0.05) is 12.2 Å². The Morgan fingerprint density at radius 3 is 2.94 bits per heavy atom. The average molecular weight is 222 g/mol. The first-order valence-corrected chi connectivity index (χ1v) is 5.41. The molecule has 1 atom stereocenters. The maximum Gasteiger partial charge on any atom is 0.224 e. The van der Waals surface area contributed by atoms with Crippen LogP contribution >= 0.6 is 0 Å². The van der Waals surface area contributed by atoms with E-state index in [1.165, 1.54) is 0 Å². The molecule has 0 heterocycles. The zero-order valence-corrected chi connectivity index (χ0v) is 9.44. The molecule has 0 aliphatic carbocycles. The summed E-state index contributed by atoms with van der Waals surface area (Å²) in [5.41, 5.74) is 7.14. The number of amides is 1. The van der Waals surface area contributed by atoms with Gasteiger partial charge in [0.1, 0.15) is 0 Å². The van der Waals surface area contributed by atoms with E-state index >= 15 is 0 Å². The van der Waals surface area contributed by atoms with Crippen LogP contribution in [-0.4, -0.2) is 23.7 Å². The van der Waals surface area contributed by atoms with Crippen molar-refractivity contribution in [2.45, 2.75) is 25.9 Å². The van der Waals surface area contributed by atoms with Crippen molar-refractivity contribution in [2.24, 2.45) is 0 Å². The molecule has 16 heavy (non-hydrogen) atoms. The standard InChI is InChI=1S/C12H18N2O2/c1-2-11(15)8-14-12(16)7-9-4-3-5-10(13)6-9/h3-6,11,15H,2,7-8,13H2,1H3,(H,14,16). The predicted octanol–water partition coefficient (Wildman–Crippen LogP) is 0.698. The van der Waals surface area contributed by atoms with Gasteiger partial charge in [0.05, 0.1) is 12.5 Å². The van der Waals surface area contributed by atoms with Crippen molar-refractivity contribution in [3.05, 3.63) is 29.8 Å². The highest BCUT2D eigenvalue weighted by molar-refractivity contribution is 5.78. The van der Waals surface area contributed by atoms with Gasteiger partial charge in [-0.15, -0.1) is 0 Å². The van der Waals surface area contributed by atoms with E-state index in [9.17, 15) is 9.90 Å². The molecule has 1 aromatic rings. The third-order valence-corrected chi connectivity index (χ3v) is 2.32. The Kier molecular flexibility index (Phi) is 4.79. The van der Waals surface area contributed by atoms with E-state index in [1.807, 2.05) is 19.1 Å². The van der Waals surface area contributed by atoms with Crippen LogP contribution in [0.5, 0.6) is 0 Å². The molecule has 0 bridgehead atoms. The highest BCUT2D eigenvalue weighted by Crippen LogP contribution is 2.06. The summed E-state index contributed by atoms with van der Waals surface area (Å²) >= 11 is 0. The number of nitrogens with one attached hydrogen (secondary N) is 1. The second-order valence-corrected chi connectivity index (χ2v) is 3.79. The molecule has 88 valence electrons. The molecule has 0 spiro atoms. The zero-order valence-electron chi connectivity index (χ0n) is 9.44.